The van der Waals surface area contributed by atoms with Gasteiger partial charge in [-0.1, -0.05) is 15.9 Å². The molecule has 0 bridgehead atoms. The predicted octanol–water partition coefficient (Wildman–Crippen LogP) is 4.01. The van der Waals surface area contributed by atoms with Crippen molar-refractivity contribution in [3.05, 3.63) is 47.9 Å². The lowest BCUT2D eigenvalue weighted by Gasteiger charge is -2.09. The Kier molecular flexibility index (Phi) is 5.02. The van der Waals surface area contributed by atoms with Crippen LogP contribution in [0.1, 0.15) is 6.92 Å². The summed E-state index contributed by atoms with van der Waals surface area (Å²) in [6.45, 7) is 1.65. The van der Waals surface area contributed by atoms with Crippen molar-refractivity contribution in [2.75, 3.05) is 5.32 Å². The van der Waals surface area contributed by atoms with Gasteiger partial charge in [0.05, 0.1) is 11.0 Å². The first-order valence-corrected chi connectivity index (χ1v) is 7.02. The number of halogens is 4. The van der Waals surface area contributed by atoms with Crippen molar-refractivity contribution >= 4 is 27.7 Å². The van der Waals surface area contributed by atoms with Crippen LogP contribution < -0.4 is 10.1 Å². The number of benzene rings is 1. The molecule has 0 radical (unpaired) electrons. The quantitative estimate of drug-likeness (QED) is 0.649. The van der Waals surface area contributed by atoms with E-state index in [1.807, 2.05) is 0 Å². The summed E-state index contributed by atoms with van der Waals surface area (Å²) in [5.74, 6) is -3.93. The number of carbonyl (C=O) groups excluding carboxylic acids is 1. The molecule has 1 aromatic heterocycles. The fourth-order valence-electron chi connectivity index (χ4n) is 1.45. The maximum absolute atomic E-state index is 13.4. The zero-order valence-corrected chi connectivity index (χ0v) is 12.8. The highest BCUT2D eigenvalue weighted by atomic mass is 79.9. The topological polar surface area (TPSA) is 51.2 Å². The Hall–Kier alpha value is -2.09. The van der Waals surface area contributed by atoms with E-state index < -0.39 is 23.2 Å². The molecule has 1 aromatic carbocycles. The summed E-state index contributed by atoms with van der Waals surface area (Å²) in [6, 6.07) is 3.83. The lowest BCUT2D eigenvalue weighted by Crippen LogP contribution is -2.20. The molecule has 0 aliphatic carbocycles. The van der Waals surface area contributed by atoms with Gasteiger partial charge in [-0.05, 0) is 19.1 Å². The highest BCUT2D eigenvalue weighted by molar-refractivity contribution is 9.10. The molecule has 116 valence electrons. The van der Waals surface area contributed by atoms with Crippen molar-refractivity contribution in [1.82, 2.24) is 4.98 Å². The minimum absolute atomic E-state index is 0.106. The van der Waals surface area contributed by atoms with E-state index in [2.05, 4.69) is 26.2 Å². The molecule has 0 aliphatic rings. The van der Waals surface area contributed by atoms with Crippen LogP contribution in [0, 0.1) is 17.5 Å². The van der Waals surface area contributed by atoms with E-state index in [0.717, 1.165) is 0 Å². The van der Waals surface area contributed by atoms with Crippen LogP contribution in [0.5, 0.6) is 11.5 Å². The van der Waals surface area contributed by atoms with E-state index in [4.69, 9.17) is 4.74 Å². The number of anilines is 1. The second kappa shape index (κ2) is 6.78. The summed E-state index contributed by atoms with van der Waals surface area (Å²) >= 11 is 3.10. The largest absolute Gasteiger partial charge is 0.453 e. The Morgan fingerprint density at radius 2 is 1.91 bits per heavy atom. The summed E-state index contributed by atoms with van der Waals surface area (Å²) in [7, 11) is 0. The van der Waals surface area contributed by atoms with E-state index in [9.17, 15) is 18.0 Å². The van der Waals surface area contributed by atoms with Crippen molar-refractivity contribution < 1.29 is 22.7 Å². The number of ether oxygens (including phenoxy) is 1. The molecule has 8 heteroatoms. The van der Waals surface area contributed by atoms with Crippen LogP contribution >= 0.6 is 15.9 Å². The Balaban J connectivity index is 2.12. The lowest BCUT2D eigenvalue weighted by atomic mass is 10.3. The van der Waals surface area contributed by atoms with Crippen LogP contribution in [0.4, 0.5) is 19.0 Å². The third kappa shape index (κ3) is 3.97. The normalized spacial score (nSPS) is 11.9. The van der Waals surface area contributed by atoms with Crippen LogP contribution in [0.25, 0.3) is 0 Å². The molecule has 1 unspecified atom stereocenters. The molecular weight excluding hydrogens is 365 g/mol. The smallest absolute Gasteiger partial charge is 0.239 e. The van der Waals surface area contributed by atoms with Crippen LogP contribution in [0.15, 0.2) is 30.5 Å². The minimum Gasteiger partial charge on any atom is -0.453 e. The summed E-state index contributed by atoms with van der Waals surface area (Å²) in [6.07, 6.45) is 1.22. The zero-order valence-electron chi connectivity index (χ0n) is 11.2. The average molecular weight is 375 g/mol. The van der Waals surface area contributed by atoms with Gasteiger partial charge in [0.15, 0.2) is 23.2 Å². The van der Waals surface area contributed by atoms with Crippen molar-refractivity contribution in [3.63, 3.8) is 0 Å². The molecule has 2 rings (SSSR count). The Morgan fingerprint density at radius 1 is 1.23 bits per heavy atom. The van der Waals surface area contributed by atoms with Crippen molar-refractivity contribution in [1.29, 1.82) is 0 Å². The van der Waals surface area contributed by atoms with Gasteiger partial charge < -0.3 is 10.1 Å². The molecule has 0 saturated heterocycles. The van der Waals surface area contributed by atoms with Crippen LogP contribution in [-0.2, 0) is 4.79 Å². The summed E-state index contributed by atoms with van der Waals surface area (Å²) < 4.78 is 44.4. The molecule has 1 amide bonds. The predicted molar refractivity (Wildman–Crippen MR) is 77.6 cm³/mol. The van der Waals surface area contributed by atoms with Gasteiger partial charge in [-0.2, -0.15) is 0 Å². The highest BCUT2D eigenvalue weighted by Crippen LogP contribution is 2.26. The second-order valence-corrected chi connectivity index (χ2v) is 5.66. The number of hydrogen-bond acceptors (Lipinski definition) is 3. The number of nitrogens with zero attached hydrogens (tertiary/aromatic N) is 1. The first-order chi connectivity index (χ1) is 10.4. The van der Waals surface area contributed by atoms with E-state index in [1.54, 1.807) is 6.92 Å². The average Bonchev–Trinajstić information content (AvgIpc) is 2.46. The van der Waals surface area contributed by atoms with E-state index in [1.165, 1.54) is 18.3 Å². The van der Waals surface area contributed by atoms with Gasteiger partial charge in [0.2, 0.25) is 5.91 Å². The van der Waals surface area contributed by atoms with Crippen LogP contribution in [0.2, 0.25) is 0 Å². The number of aromatic nitrogens is 1. The molecule has 2 aromatic rings. The fourth-order valence-corrected chi connectivity index (χ4v) is 1.56. The van der Waals surface area contributed by atoms with Crippen LogP contribution in [0.3, 0.4) is 0 Å². The van der Waals surface area contributed by atoms with E-state index in [0.29, 0.717) is 12.1 Å². The molecule has 0 spiro atoms. The summed E-state index contributed by atoms with van der Waals surface area (Å²) in [4.78, 5) is 15.0. The molecule has 22 heavy (non-hydrogen) atoms. The number of alkyl halides is 1. The van der Waals surface area contributed by atoms with Gasteiger partial charge in [-0.15, -0.1) is 0 Å². The third-order valence-electron chi connectivity index (χ3n) is 2.55. The lowest BCUT2D eigenvalue weighted by molar-refractivity contribution is -0.115. The third-order valence-corrected chi connectivity index (χ3v) is 2.97. The number of nitrogens with one attached hydrogen (secondary N) is 1. The molecule has 1 atom stereocenters. The van der Waals surface area contributed by atoms with E-state index in [-0.39, 0.29) is 22.3 Å². The SMILES string of the molecule is CC(Br)C(=O)Nc1ccc(Oc2cc(F)c(F)cc2F)cn1. The maximum atomic E-state index is 13.4. The number of rotatable bonds is 4. The fraction of sp³-hybridized carbons (Fsp3) is 0.143. The Morgan fingerprint density at radius 3 is 2.50 bits per heavy atom. The Bertz CT molecular complexity index is 693. The molecule has 1 heterocycles. The second-order valence-electron chi connectivity index (χ2n) is 4.28. The first kappa shape index (κ1) is 16.3. The monoisotopic (exact) mass is 374 g/mol. The molecule has 0 aliphatic heterocycles. The maximum Gasteiger partial charge on any atom is 0.239 e. The molecule has 0 saturated carbocycles. The molecule has 0 fully saturated rings. The number of hydrogen-bond donors (Lipinski definition) is 1. The molecule has 4 nitrogen and oxygen atoms in total. The molecular formula is C14H10BrF3N2O2. The number of carbonyl (C=O) groups is 1. The zero-order chi connectivity index (χ0) is 16.3. The van der Waals surface area contributed by atoms with Gasteiger partial charge in [0.25, 0.3) is 0 Å². The van der Waals surface area contributed by atoms with Crippen molar-refractivity contribution in [2.24, 2.45) is 0 Å². The first-order valence-electron chi connectivity index (χ1n) is 6.10. The Labute approximate surface area is 132 Å². The van der Waals surface area contributed by atoms with Crippen molar-refractivity contribution in [3.8, 4) is 11.5 Å². The summed E-state index contributed by atoms with van der Waals surface area (Å²) in [5, 5.41) is 2.52. The highest BCUT2D eigenvalue weighted by Gasteiger charge is 2.13. The molecule has 1 N–H and O–H groups in total. The standard InChI is InChI=1S/C14H10BrF3N2O2/c1-7(15)14(21)20-13-3-2-8(6-19-13)22-12-5-10(17)9(16)4-11(12)18/h2-7H,1H3,(H,19,20,21). The number of pyridine rings is 1. The minimum atomic E-state index is -1.30. The summed E-state index contributed by atoms with van der Waals surface area (Å²) in [5.41, 5.74) is 0. The van der Waals surface area contributed by atoms with Gasteiger partial charge >= 0.3 is 0 Å². The van der Waals surface area contributed by atoms with Crippen molar-refractivity contribution in [2.45, 2.75) is 11.8 Å². The van der Waals surface area contributed by atoms with Gasteiger partial charge in [-0.3, -0.25) is 4.79 Å². The van der Waals surface area contributed by atoms with Gasteiger partial charge in [-0.25, -0.2) is 18.2 Å². The van der Waals surface area contributed by atoms with Crippen LogP contribution in [-0.4, -0.2) is 15.7 Å². The number of amides is 1. The van der Waals surface area contributed by atoms with E-state index >= 15 is 0 Å². The van der Waals surface area contributed by atoms with Gasteiger partial charge in [0.1, 0.15) is 11.6 Å². The van der Waals surface area contributed by atoms with Gasteiger partial charge in [0, 0.05) is 12.1 Å².